The summed E-state index contributed by atoms with van der Waals surface area (Å²) in [5.74, 6) is 0.774. The summed E-state index contributed by atoms with van der Waals surface area (Å²) in [6.07, 6.45) is 1.26. The van der Waals surface area contributed by atoms with Gasteiger partial charge in [-0.3, -0.25) is 0 Å². The minimum atomic E-state index is 0.774. The Morgan fingerprint density at radius 1 is 1.45 bits per heavy atom. The van der Waals surface area contributed by atoms with Gasteiger partial charge in [0.2, 0.25) is 0 Å². The fraction of sp³-hybridized carbons (Fsp3) is 0.400. The largest absolute Gasteiger partial charge is 0.319 e. The Balaban J connectivity index is 2.16. The molecule has 1 aliphatic rings. The molecule has 0 saturated heterocycles. The number of rotatable bonds is 2. The summed E-state index contributed by atoms with van der Waals surface area (Å²) < 4.78 is 0. The van der Waals surface area contributed by atoms with Crippen molar-refractivity contribution >= 4 is 0 Å². The van der Waals surface area contributed by atoms with Crippen molar-refractivity contribution in [3.8, 4) is 0 Å². The van der Waals surface area contributed by atoms with Crippen LogP contribution in [-0.4, -0.2) is 13.6 Å². The fourth-order valence-corrected chi connectivity index (χ4v) is 1.79. The predicted molar refractivity (Wildman–Crippen MR) is 46.8 cm³/mol. The molecule has 0 aromatic heterocycles. The summed E-state index contributed by atoms with van der Waals surface area (Å²) in [4.78, 5) is 0. The van der Waals surface area contributed by atoms with E-state index in [0.29, 0.717) is 0 Å². The average molecular weight is 147 g/mol. The molecule has 0 aliphatic heterocycles. The van der Waals surface area contributed by atoms with Crippen LogP contribution in [0.2, 0.25) is 0 Å². The first-order valence-electron chi connectivity index (χ1n) is 4.14. The molecule has 1 aromatic rings. The quantitative estimate of drug-likeness (QED) is 0.669. The smallest absolute Gasteiger partial charge is 0.00204 e. The highest BCUT2D eigenvalue weighted by molar-refractivity contribution is 5.40. The lowest BCUT2D eigenvalue weighted by molar-refractivity contribution is 0.568. The van der Waals surface area contributed by atoms with Crippen LogP contribution in [0.5, 0.6) is 0 Å². The lowest BCUT2D eigenvalue weighted by Crippen LogP contribution is -2.26. The SMILES string of the molecule is CNCC1Cc2ccccc21. The Labute approximate surface area is 67.4 Å². The minimum Gasteiger partial charge on any atom is -0.319 e. The maximum atomic E-state index is 3.21. The van der Waals surface area contributed by atoms with E-state index in [-0.39, 0.29) is 0 Å². The van der Waals surface area contributed by atoms with Crippen LogP contribution < -0.4 is 5.32 Å². The molecule has 1 atom stereocenters. The zero-order valence-electron chi connectivity index (χ0n) is 6.80. The first kappa shape index (κ1) is 6.86. The third-order valence-electron chi connectivity index (χ3n) is 2.41. The first-order chi connectivity index (χ1) is 5.42. The molecule has 58 valence electrons. The summed E-state index contributed by atoms with van der Waals surface area (Å²) >= 11 is 0. The second-order valence-corrected chi connectivity index (χ2v) is 3.16. The van der Waals surface area contributed by atoms with Gasteiger partial charge in [0, 0.05) is 12.5 Å². The lowest BCUT2D eigenvalue weighted by atomic mass is 9.78. The highest BCUT2D eigenvalue weighted by Crippen LogP contribution is 2.33. The summed E-state index contributed by atoms with van der Waals surface area (Å²) in [5, 5.41) is 3.21. The zero-order chi connectivity index (χ0) is 7.68. The molecular weight excluding hydrogens is 134 g/mol. The third kappa shape index (κ3) is 1.05. The number of nitrogens with one attached hydrogen (secondary N) is 1. The Kier molecular flexibility index (Phi) is 1.66. The molecule has 11 heavy (non-hydrogen) atoms. The first-order valence-corrected chi connectivity index (χ1v) is 4.14. The number of likely N-dealkylation sites (N-methyl/N-ethyl adjacent to an activating group) is 1. The van der Waals surface area contributed by atoms with E-state index in [4.69, 9.17) is 0 Å². The molecule has 1 unspecified atom stereocenters. The van der Waals surface area contributed by atoms with E-state index in [2.05, 4.69) is 29.6 Å². The van der Waals surface area contributed by atoms with E-state index in [0.717, 1.165) is 12.5 Å². The van der Waals surface area contributed by atoms with Crippen molar-refractivity contribution < 1.29 is 0 Å². The number of fused-ring (bicyclic) bond motifs is 1. The number of benzene rings is 1. The van der Waals surface area contributed by atoms with Crippen LogP contribution in [-0.2, 0) is 6.42 Å². The van der Waals surface area contributed by atoms with E-state index in [1.54, 1.807) is 5.56 Å². The Morgan fingerprint density at radius 2 is 2.27 bits per heavy atom. The van der Waals surface area contributed by atoms with Gasteiger partial charge in [-0.25, -0.2) is 0 Å². The van der Waals surface area contributed by atoms with Crippen molar-refractivity contribution in [3.05, 3.63) is 35.4 Å². The molecule has 1 N–H and O–H groups in total. The zero-order valence-corrected chi connectivity index (χ0v) is 6.80. The molecule has 1 nitrogen and oxygen atoms in total. The van der Waals surface area contributed by atoms with E-state index in [1.807, 2.05) is 7.05 Å². The van der Waals surface area contributed by atoms with Gasteiger partial charge in [-0.05, 0) is 24.6 Å². The molecule has 0 saturated carbocycles. The van der Waals surface area contributed by atoms with Gasteiger partial charge < -0.3 is 5.32 Å². The molecule has 0 amide bonds. The van der Waals surface area contributed by atoms with Gasteiger partial charge >= 0.3 is 0 Å². The van der Waals surface area contributed by atoms with Gasteiger partial charge in [-0.1, -0.05) is 24.3 Å². The summed E-state index contributed by atoms with van der Waals surface area (Å²) in [6, 6.07) is 8.71. The Morgan fingerprint density at radius 3 is 3.00 bits per heavy atom. The molecule has 0 heterocycles. The molecule has 0 radical (unpaired) electrons. The van der Waals surface area contributed by atoms with E-state index in [1.165, 1.54) is 12.0 Å². The molecule has 0 fully saturated rings. The van der Waals surface area contributed by atoms with Crippen molar-refractivity contribution in [1.29, 1.82) is 0 Å². The van der Waals surface area contributed by atoms with E-state index >= 15 is 0 Å². The van der Waals surface area contributed by atoms with Crippen molar-refractivity contribution in [2.24, 2.45) is 0 Å². The lowest BCUT2D eigenvalue weighted by Gasteiger charge is -2.29. The van der Waals surface area contributed by atoms with Gasteiger partial charge in [0.1, 0.15) is 0 Å². The van der Waals surface area contributed by atoms with Gasteiger partial charge in [-0.15, -0.1) is 0 Å². The van der Waals surface area contributed by atoms with Crippen LogP contribution in [0.25, 0.3) is 0 Å². The highest BCUT2D eigenvalue weighted by Gasteiger charge is 2.23. The Hall–Kier alpha value is -0.820. The fourth-order valence-electron chi connectivity index (χ4n) is 1.79. The van der Waals surface area contributed by atoms with Crippen LogP contribution in [0.4, 0.5) is 0 Å². The van der Waals surface area contributed by atoms with Crippen molar-refractivity contribution in [2.75, 3.05) is 13.6 Å². The predicted octanol–water partition coefficient (Wildman–Crippen LogP) is 1.55. The van der Waals surface area contributed by atoms with Crippen LogP contribution in [0, 0.1) is 0 Å². The van der Waals surface area contributed by atoms with Gasteiger partial charge in [0.15, 0.2) is 0 Å². The molecule has 1 heteroatoms. The summed E-state index contributed by atoms with van der Waals surface area (Å²) in [7, 11) is 2.01. The van der Waals surface area contributed by atoms with Gasteiger partial charge in [0.25, 0.3) is 0 Å². The third-order valence-corrected chi connectivity index (χ3v) is 2.41. The molecule has 1 aromatic carbocycles. The molecular formula is C10H13N. The van der Waals surface area contributed by atoms with Gasteiger partial charge in [-0.2, -0.15) is 0 Å². The topological polar surface area (TPSA) is 12.0 Å². The minimum absolute atomic E-state index is 0.774. The maximum Gasteiger partial charge on any atom is 0.00204 e. The molecule has 2 rings (SSSR count). The molecule has 0 spiro atoms. The van der Waals surface area contributed by atoms with Crippen molar-refractivity contribution in [2.45, 2.75) is 12.3 Å². The standard InChI is InChI=1S/C10H13N/c1-11-7-9-6-8-4-2-3-5-10(8)9/h2-5,9,11H,6-7H2,1H3. The van der Waals surface area contributed by atoms with E-state index < -0.39 is 0 Å². The van der Waals surface area contributed by atoms with Crippen LogP contribution in [0.3, 0.4) is 0 Å². The molecule has 0 bridgehead atoms. The van der Waals surface area contributed by atoms with Gasteiger partial charge in [0.05, 0.1) is 0 Å². The highest BCUT2D eigenvalue weighted by atomic mass is 14.8. The summed E-state index contributed by atoms with van der Waals surface area (Å²) in [5.41, 5.74) is 3.08. The Bertz CT molecular complexity index is 255. The van der Waals surface area contributed by atoms with Crippen molar-refractivity contribution in [1.82, 2.24) is 5.32 Å². The van der Waals surface area contributed by atoms with Crippen molar-refractivity contribution in [3.63, 3.8) is 0 Å². The number of hydrogen-bond acceptors (Lipinski definition) is 1. The number of hydrogen-bond donors (Lipinski definition) is 1. The average Bonchev–Trinajstić information content (AvgIpc) is 2.01. The second-order valence-electron chi connectivity index (χ2n) is 3.16. The second kappa shape index (κ2) is 2.67. The normalized spacial score (nSPS) is 20.6. The van der Waals surface area contributed by atoms with Crippen LogP contribution in [0.1, 0.15) is 17.0 Å². The monoisotopic (exact) mass is 147 g/mol. The van der Waals surface area contributed by atoms with Crippen LogP contribution >= 0.6 is 0 Å². The van der Waals surface area contributed by atoms with E-state index in [9.17, 15) is 0 Å². The summed E-state index contributed by atoms with van der Waals surface area (Å²) in [6.45, 7) is 1.12. The van der Waals surface area contributed by atoms with Crippen LogP contribution in [0.15, 0.2) is 24.3 Å². The molecule has 1 aliphatic carbocycles. The maximum absolute atomic E-state index is 3.21.